The van der Waals surface area contributed by atoms with Crippen LogP contribution in [-0.2, 0) is 6.42 Å². The van der Waals surface area contributed by atoms with E-state index >= 15 is 0 Å². The smallest absolute Gasteiger partial charge is 0.137 e. The Balaban J connectivity index is 2.01. The lowest BCUT2D eigenvalue weighted by atomic mass is 9.84. The van der Waals surface area contributed by atoms with Crippen molar-refractivity contribution in [2.75, 3.05) is 5.32 Å². The van der Waals surface area contributed by atoms with Crippen molar-refractivity contribution in [3.05, 3.63) is 17.0 Å². The van der Waals surface area contributed by atoms with Crippen LogP contribution in [0, 0.1) is 5.92 Å². The van der Waals surface area contributed by atoms with Crippen LogP contribution in [0.3, 0.4) is 0 Å². The number of nitrogens with zero attached hydrogens (tertiary/aromatic N) is 2. The number of rotatable bonds is 5. The number of anilines is 1. The second-order valence-electron chi connectivity index (χ2n) is 5.51. The van der Waals surface area contributed by atoms with E-state index in [1.165, 1.54) is 32.1 Å². The minimum Gasteiger partial charge on any atom is -0.367 e. The first-order chi connectivity index (χ1) is 9.24. The fraction of sp³-hybridized carbons (Fsp3) is 0.733. The molecule has 0 amide bonds. The lowest BCUT2D eigenvalue weighted by Gasteiger charge is -2.29. The van der Waals surface area contributed by atoms with Gasteiger partial charge in [-0.1, -0.05) is 38.3 Å². The summed E-state index contributed by atoms with van der Waals surface area (Å²) >= 11 is 6.18. The Hall–Kier alpha value is -0.830. The highest BCUT2D eigenvalue weighted by molar-refractivity contribution is 6.30. The summed E-state index contributed by atoms with van der Waals surface area (Å²) in [5.41, 5.74) is 1.07. The standard InChI is InChI=1S/C15H24ClN3/c1-3-5-13-14(16)17-10-18-15(13)19-12-8-6-11(4-2)7-9-12/h10-12H,3-9H2,1-2H3,(H,17,18,19). The third kappa shape index (κ3) is 3.82. The summed E-state index contributed by atoms with van der Waals surface area (Å²) in [4.78, 5) is 8.48. The van der Waals surface area contributed by atoms with Crippen molar-refractivity contribution >= 4 is 17.4 Å². The summed E-state index contributed by atoms with van der Waals surface area (Å²) in [6.07, 6.45) is 10.0. The number of aromatic nitrogens is 2. The Morgan fingerprint density at radius 3 is 2.58 bits per heavy atom. The molecule has 1 aromatic heterocycles. The maximum atomic E-state index is 6.18. The average Bonchev–Trinajstić information content (AvgIpc) is 2.43. The molecule has 0 spiro atoms. The first-order valence-corrected chi connectivity index (χ1v) is 7.88. The first-order valence-electron chi connectivity index (χ1n) is 7.50. The van der Waals surface area contributed by atoms with Gasteiger partial charge in [-0.25, -0.2) is 9.97 Å². The van der Waals surface area contributed by atoms with Gasteiger partial charge in [0.1, 0.15) is 17.3 Å². The molecular formula is C15H24ClN3. The van der Waals surface area contributed by atoms with Crippen LogP contribution in [0.1, 0.15) is 57.9 Å². The first kappa shape index (κ1) is 14.6. The van der Waals surface area contributed by atoms with E-state index in [-0.39, 0.29) is 0 Å². The van der Waals surface area contributed by atoms with Crippen molar-refractivity contribution in [1.29, 1.82) is 0 Å². The molecule has 1 aromatic rings. The van der Waals surface area contributed by atoms with Crippen molar-refractivity contribution in [1.82, 2.24) is 9.97 Å². The van der Waals surface area contributed by atoms with E-state index in [1.807, 2.05) is 0 Å². The van der Waals surface area contributed by atoms with E-state index < -0.39 is 0 Å². The Morgan fingerprint density at radius 1 is 1.21 bits per heavy atom. The third-order valence-corrected chi connectivity index (χ3v) is 4.48. The van der Waals surface area contributed by atoms with Crippen LogP contribution >= 0.6 is 11.6 Å². The molecule has 0 aromatic carbocycles. The van der Waals surface area contributed by atoms with Gasteiger partial charge >= 0.3 is 0 Å². The molecule has 1 saturated carbocycles. The van der Waals surface area contributed by atoms with E-state index in [9.17, 15) is 0 Å². The second kappa shape index (κ2) is 7.09. The molecule has 1 fully saturated rings. The van der Waals surface area contributed by atoms with Gasteiger partial charge in [0.05, 0.1) is 0 Å². The van der Waals surface area contributed by atoms with Gasteiger partial charge in [0.25, 0.3) is 0 Å². The molecule has 0 radical (unpaired) electrons. The fourth-order valence-electron chi connectivity index (χ4n) is 2.90. The quantitative estimate of drug-likeness (QED) is 0.810. The zero-order chi connectivity index (χ0) is 13.7. The van der Waals surface area contributed by atoms with Gasteiger partial charge in [0, 0.05) is 11.6 Å². The Bertz CT molecular complexity index is 400. The van der Waals surface area contributed by atoms with E-state index in [0.29, 0.717) is 11.2 Å². The third-order valence-electron chi connectivity index (χ3n) is 4.16. The van der Waals surface area contributed by atoms with E-state index in [4.69, 9.17) is 11.6 Å². The number of hydrogen-bond acceptors (Lipinski definition) is 3. The zero-order valence-electron chi connectivity index (χ0n) is 12.0. The van der Waals surface area contributed by atoms with Gasteiger partial charge < -0.3 is 5.32 Å². The summed E-state index contributed by atoms with van der Waals surface area (Å²) in [6.45, 7) is 4.45. The monoisotopic (exact) mass is 281 g/mol. The largest absolute Gasteiger partial charge is 0.367 e. The van der Waals surface area contributed by atoms with Crippen molar-refractivity contribution in [3.8, 4) is 0 Å². The second-order valence-corrected chi connectivity index (χ2v) is 5.87. The van der Waals surface area contributed by atoms with E-state index in [2.05, 4.69) is 29.1 Å². The van der Waals surface area contributed by atoms with Crippen molar-refractivity contribution in [2.45, 2.75) is 64.8 Å². The van der Waals surface area contributed by atoms with Crippen LogP contribution in [0.4, 0.5) is 5.82 Å². The predicted molar refractivity (Wildman–Crippen MR) is 80.7 cm³/mol. The van der Waals surface area contributed by atoms with Crippen LogP contribution in [-0.4, -0.2) is 16.0 Å². The van der Waals surface area contributed by atoms with Gasteiger partial charge in [0.2, 0.25) is 0 Å². The summed E-state index contributed by atoms with van der Waals surface area (Å²) in [5.74, 6) is 1.86. The summed E-state index contributed by atoms with van der Waals surface area (Å²) < 4.78 is 0. The molecule has 0 aliphatic heterocycles. The topological polar surface area (TPSA) is 37.8 Å². The zero-order valence-corrected chi connectivity index (χ0v) is 12.7. The van der Waals surface area contributed by atoms with Gasteiger partial charge in [-0.05, 0) is 38.0 Å². The maximum absolute atomic E-state index is 6.18. The predicted octanol–water partition coefficient (Wildman–Crippen LogP) is 4.46. The molecule has 3 nitrogen and oxygen atoms in total. The van der Waals surface area contributed by atoms with Crippen LogP contribution < -0.4 is 5.32 Å². The fourth-order valence-corrected chi connectivity index (χ4v) is 3.12. The SMILES string of the molecule is CCCc1c(Cl)ncnc1NC1CCC(CC)CC1. The van der Waals surface area contributed by atoms with Crippen LogP contribution in [0.2, 0.25) is 5.15 Å². The molecule has 1 N–H and O–H groups in total. The molecule has 1 heterocycles. The molecule has 2 rings (SSSR count). The van der Waals surface area contributed by atoms with E-state index in [0.717, 1.165) is 30.1 Å². The highest BCUT2D eigenvalue weighted by Gasteiger charge is 2.21. The van der Waals surface area contributed by atoms with E-state index in [1.54, 1.807) is 6.33 Å². The number of hydrogen-bond donors (Lipinski definition) is 1. The highest BCUT2D eigenvalue weighted by atomic mass is 35.5. The van der Waals surface area contributed by atoms with Crippen LogP contribution in [0.5, 0.6) is 0 Å². The summed E-state index contributed by atoms with van der Waals surface area (Å²) in [6, 6.07) is 0.546. The lowest BCUT2D eigenvalue weighted by Crippen LogP contribution is -2.27. The Kier molecular flexibility index (Phi) is 5.44. The van der Waals surface area contributed by atoms with Crippen LogP contribution in [0.25, 0.3) is 0 Å². The molecular weight excluding hydrogens is 258 g/mol. The molecule has 0 atom stereocenters. The number of nitrogens with one attached hydrogen (secondary N) is 1. The van der Waals surface area contributed by atoms with Crippen molar-refractivity contribution < 1.29 is 0 Å². The molecule has 0 unspecified atom stereocenters. The highest BCUT2D eigenvalue weighted by Crippen LogP contribution is 2.30. The number of halogens is 1. The minimum atomic E-state index is 0.546. The van der Waals surface area contributed by atoms with Gasteiger partial charge in [-0.2, -0.15) is 0 Å². The van der Waals surface area contributed by atoms with Gasteiger partial charge in [0.15, 0.2) is 0 Å². The van der Waals surface area contributed by atoms with Gasteiger partial charge in [-0.15, -0.1) is 0 Å². The molecule has 106 valence electrons. The summed E-state index contributed by atoms with van der Waals surface area (Å²) in [7, 11) is 0. The Morgan fingerprint density at radius 2 is 1.95 bits per heavy atom. The average molecular weight is 282 g/mol. The maximum Gasteiger partial charge on any atom is 0.137 e. The van der Waals surface area contributed by atoms with Crippen molar-refractivity contribution in [2.24, 2.45) is 5.92 Å². The molecule has 0 saturated heterocycles. The van der Waals surface area contributed by atoms with Crippen molar-refractivity contribution in [3.63, 3.8) is 0 Å². The Labute approximate surface area is 121 Å². The van der Waals surface area contributed by atoms with Crippen LogP contribution in [0.15, 0.2) is 6.33 Å². The molecule has 19 heavy (non-hydrogen) atoms. The minimum absolute atomic E-state index is 0.546. The lowest BCUT2D eigenvalue weighted by molar-refractivity contribution is 0.329. The molecule has 0 bridgehead atoms. The van der Waals surface area contributed by atoms with Gasteiger partial charge in [-0.3, -0.25) is 0 Å². The summed E-state index contributed by atoms with van der Waals surface area (Å²) in [5, 5.41) is 4.18. The molecule has 4 heteroatoms. The normalized spacial score (nSPS) is 23.3. The molecule has 1 aliphatic rings. The molecule has 1 aliphatic carbocycles.